The Balaban J connectivity index is 2.61. The van der Waals surface area contributed by atoms with Gasteiger partial charge in [-0.05, 0) is 11.6 Å². The minimum absolute atomic E-state index is 0.177. The van der Waals surface area contributed by atoms with E-state index in [9.17, 15) is 9.59 Å². The Bertz CT molecular complexity index is 447. The number of H-pyrrole nitrogens is 1. The molecule has 0 atom stereocenters. The third kappa shape index (κ3) is 4.12. The topological polar surface area (TPSA) is 82.2 Å². The van der Waals surface area contributed by atoms with Crippen LogP contribution in [0.15, 0.2) is 18.5 Å². The van der Waals surface area contributed by atoms with Crippen LogP contribution in [0.4, 0.5) is 0 Å². The molecule has 1 rings (SSSR count). The fourth-order valence-electron chi connectivity index (χ4n) is 1.85. The summed E-state index contributed by atoms with van der Waals surface area (Å²) < 4.78 is 0. The summed E-state index contributed by atoms with van der Waals surface area (Å²) in [7, 11) is 0. The van der Waals surface area contributed by atoms with E-state index in [1.54, 1.807) is 13.8 Å². The molecule has 0 unspecified atom stereocenters. The average molecular weight is 266 g/mol. The third-order valence-corrected chi connectivity index (χ3v) is 3.28. The van der Waals surface area contributed by atoms with Crippen LogP contribution in [-0.2, 0) is 15.0 Å². The number of rotatable bonds is 6. The highest BCUT2D eigenvalue weighted by Gasteiger charge is 2.32. The number of hydrogen-bond donors (Lipinski definition) is 3. The minimum Gasteiger partial charge on any atom is -0.481 e. The van der Waals surface area contributed by atoms with E-state index in [1.165, 1.54) is 0 Å². The van der Waals surface area contributed by atoms with Gasteiger partial charge in [0.25, 0.3) is 0 Å². The quantitative estimate of drug-likeness (QED) is 0.735. The summed E-state index contributed by atoms with van der Waals surface area (Å²) >= 11 is 0. The first-order valence-corrected chi connectivity index (χ1v) is 6.28. The number of nitrogens with one attached hydrogen (secondary N) is 2. The van der Waals surface area contributed by atoms with E-state index < -0.39 is 11.4 Å². The highest BCUT2D eigenvalue weighted by Crippen LogP contribution is 2.24. The molecule has 0 aliphatic carbocycles. The third-order valence-electron chi connectivity index (χ3n) is 3.28. The second-order valence-electron chi connectivity index (χ2n) is 6.12. The van der Waals surface area contributed by atoms with Crippen molar-refractivity contribution in [2.45, 2.75) is 39.5 Å². The molecule has 106 valence electrons. The zero-order valence-corrected chi connectivity index (χ0v) is 11.9. The lowest BCUT2D eigenvalue weighted by atomic mass is 9.84. The van der Waals surface area contributed by atoms with Crippen LogP contribution in [0.5, 0.6) is 0 Å². The molecule has 0 aromatic carbocycles. The highest BCUT2D eigenvalue weighted by atomic mass is 16.4. The molecule has 1 heterocycles. The van der Waals surface area contributed by atoms with Gasteiger partial charge < -0.3 is 15.4 Å². The molecule has 0 saturated carbocycles. The Labute approximate surface area is 113 Å². The number of carboxylic acid groups (broad SMARTS) is 1. The molecule has 1 aromatic heterocycles. The Kier molecular flexibility index (Phi) is 4.39. The monoisotopic (exact) mass is 266 g/mol. The second-order valence-corrected chi connectivity index (χ2v) is 6.12. The Hall–Kier alpha value is -1.78. The van der Waals surface area contributed by atoms with Crippen molar-refractivity contribution in [3.05, 3.63) is 24.0 Å². The molecule has 0 bridgehead atoms. The SMILES string of the molecule is CC(C)(CC(=O)O)C(=O)NCC(C)(C)c1cc[nH]c1. The van der Waals surface area contributed by atoms with Gasteiger partial charge in [0.2, 0.25) is 5.91 Å². The van der Waals surface area contributed by atoms with Crippen molar-refractivity contribution in [2.24, 2.45) is 5.41 Å². The number of aromatic amines is 1. The smallest absolute Gasteiger partial charge is 0.304 e. The summed E-state index contributed by atoms with van der Waals surface area (Å²) in [6.07, 6.45) is 3.56. The van der Waals surface area contributed by atoms with Gasteiger partial charge in [0.05, 0.1) is 11.8 Å². The van der Waals surface area contributed by atoms with Gasteiger partial charge in [0.1, 0.15) is 0 Å². The lowest BCUT2D eigenvalue weighted by Crippen LogP contribution is -2.43. The van der Waals surface area contributed by atoms with Crippen molar-refractivity contribution in [3.8, 4) is 0 Å². The summed E-state index contributed by atoms with van der Waals surface area (Å²) in [5, 5.41) is 11.6. The van der Waals surface area contributed by atoms with Gasteiger partial charge in [-0.2, -0.15) is 0 Å². The van der Waals surface area contributed by atoms with E-state index in [-0.39, 0.29) is 17.7 Å². The number of carbonyl (C=O) groups excluding carboxylic acids is 1. The van der Waals surface area contributed by atoms with Crippen LogP contribution in [-0.4, -0.2) is 28.5 Å². The van der Waals surface area contributed by atoms with E-state index >= 15 is 0 Å². The number of aromatic nitrogens is 1. The number of carbonyl (C=O) groups is 2. The van der Waals surface area contributed by atoms with Gasteiger partial charge in [-0.3, -0.25) is 9.59 Å². The first-order valence-electron chi connectivity index (χ1n) is 6.28. The first kappa shape index (κ1) is 15.3. The summed E-state index contributed by atoms with van der Waals surface area (Å²) in [4.78, 5) is 25.7. The Morgan fingerprint density at radius 3 is 2.42 bits per heavy atom. The van der Waals surface area contributed by atoms with Crippen LogP contribution >= 0.6 is 0 Å². The van der Waals surface area contributed by atoms with Gasteiger partial charge in [0.15, 0.2) is 0 Å². The minimum atomic E-state index is -0.968. The van der Waals surface area contributed by atoms with Gasteiger partial charge in [-0.25, -0.2) is 0 Å². The maximum atomic E-state index is 12.0. The van der Waals surface area contributed by atoms with Gasteiger partial charge >= 0.3 is 5.97 Å². The first-order chi connectivity index (χ1) is 8.65. The second kappa shape index (κ2) is 5.47. The largest absolute Gasteiger partial charge is 0.481 e. The van der Waals surface area contributed by atoms with Crippen LogP contribution < -0.4 is 5.32 Å². The van der Waals surface area contributed by atoms with E-state index in [0.29, 0.717) is 6.54 Å². The van der Waals surface area contributed by atoms with Crippen molar-refractivity contribution in [2.75, 3.05) is 6.54 Å². The maximum absolute atomic E-state index is 12.0. The normalized spacial score (nSPS) is 12.2. The molecule has 5 heteroatoms. The fourth-order valence-corrected chi connectivity index (χ4v) is 1.85. The number of hydrogen-bond acceptors (Lipinski definition) is 2. The Morgan fingerprint density at radius 2 is 1.95 bits per heavy atom. The standard InChI is InChI=1S/C14H22N2O3/c1-13(2,7-11(17)18)12(19)16-9-14(3,4)10-5-6-15-8-10/h5-6,8,15H,7,9H2,1-4H3,(H,16,19)(H,17,18). The molecular weight excluding hydrogens is 244 g/mol. The maximum Gasteiger partial charge on any atom is 0.304 e. The van der Waals surface area contributed by atoms with Crippen LogP contribution in [0.1, 0.15) is 39.7 Å². The fraction of sp³-hybridized carbons (Fsp3) is 0.571. The average Bonchev–Trinajstić information content (AvgIpc) is 2.78. The van der Waals surface area contributed by atoms with E-state index in [1.807, 2.05) is 32.3 Å². The molecule has 19 heavy (non-hydrogen) atoms. The lowest BCUT2D eigenvalue weighted by molar-refractivity contribution is -0.144. The molecule has 3 N–H and O–H groups in total. The number of aliphatic carboxylic acids is 1. The van der Waals surface area contributed by atoms with Crippen LogP contribution in [0, 0.1) is 5.41 Å². The molecule has 5 nitrogen and oxygen atoms in total. The lowest BCUT2D eigenvalue weighted by Gasteiger charge is -2.28. The van der Waals surface area contributed by atoms with E-state index in [0.717, 1.165) is 5.56 Å². The zero-order valence-electron chi connectivity index (χ0n) is 11.9. The van der Waals surface area contributed by atoms with Crippen molar-refractivity contribution < 1.29 is 14.7 Å². The number of amides is 1. The summed E-state index contributed by atoms with van der Waals surface area (Å²) in [6, 6.07) is 1.97. The van der Waals surface area contributed by atoms with Crippen molar-refractivity contribution in [3.63, 3.8) is 0 Å². The van der Waals surface area contributed by atoms with Gasteiger partial charge in [-0.15, -0.1) is 0 Å². The molecule has 1 amide bonds. The number of carboxylic acids is 1. The van der Waals surface area contributed by atoms with Gasteiger partial charge in [-0.1, -0.05) is 27.7 Å². The van der Waals surface area contributed by atoms with Crippen molar-refractivity contribution in [1.82, 2.24) is 10.3 Å². The highest BCUT2D eigenvalue weighted by molar-refractivity contribution is 5.86. The summed E-state index contributed by atoms with van der Waals surface area (Å²) in [5.41, 5.74) is -0.00138. The molecule has 1 aromatic rings. The van der Waals surface area contributed by atoms with E-state index in [4.69, 9.17) is 5.11 Å². The van der Waals surface area contributed by atoms with Crippen molar-refractivity contribution >= 4 is 11.9 Å². The zero-order chi connectivity index (χ0) is 14.7. The van der Waals surface area contributed by atoms with Crippen LogP contribution in [0.3, 0.4) is 0 Å². The van der Waals surface area contributed by atoms with Crippen LogP contribution in [0.2, 0.25) is 0 Å². The molecule has 0 radical (unpaired) electrons. The molecule has 0 aliphatic heterocycles. The predicted molar refractivity (Wildman–Crippen MR) is 72.9 cm³/mol. The molecule has 0 spiro atoms. The molecule has 0 saturated heterocycles. The predicted octanol–water partition coefficient (Wildman–Crippen LogP) is 1.91. The van der Waals surface area contributed by atoms with Crippen LogP contribution in [0.25, 0.3) is 0 Å². The van der Waals surface area contributed by atoms with Gasteiger partial charge in [0, 0.05) is 24.4 Å². The Morgan fingerprint density at radius 1 is 1.32 bits per heavy atom. The summed E-state index contributed by atoms with van der Waals surface area (Å²) in [5.74, 6) is -1.21. The summed E-state index contributed by atoms with van der Waals surface area (Å²) in [6.45, 7) is 7.80. The molecular formula is C14H22N2O3. The van der Waals surface area contributed by atoms with Crippen molar-refractivity contribution in [1.29, 1.82) is 0 Å². The molecule has 0 fully saturated rings. The molecule has 0 aliphatic rings. The van der Waals surface area contributed by atoms with E-state index in [2.05, 4.69) is 10.3 Å².